The van der Waals surface area contributed by atoms with E-state index in [1.54, 1.807) is 11.3 Å². The molecule has 0 bridgehead atoms. The number of rotatable bonds is 9. The van der Waals surface area contributed by atoms with Crippen LogP contribution < -0.4 is 42.8 Å². The minimum absolute atomic E-state index is 0.0875. The molecule has 0 aromatic heterocycles. The molecule has 0 N–H and O–H groups in total. The van der Waals surface area contributed by atoms with E-state index in [0.717, 1.165) is 13.7 Å². The Balaban J connectivity index is 3.10. The van der Waals surface area contributed by atoms with E-state index in [9.17, 15) is 0 Å². The third kappa shape index (κ3) is 11.7. The molecule has 0 heterocycles. The topological polar surface area (TPSA) is 40.0 Å². The normalized spacial score (nSPS) is 13.9. The average molecular weight is 541 g/mol. The Kier molecular flexibility index (Phi) is 14.1. The van der Waals surface area contributed by atoms with Crippen LogP contribution in [-0.4, -0.2) is 31.1 Å². The van der Waals surface area contributed by atoms with Crippen LogP contribution in [0.3, 0.4) is 0 Å². The summed E-state index contributed by atoms with van der Waals surface area (Å²) in [6, 6.07) is 0. The molecule has 0 radical (unpaired) electrons. The molecule has 1 atom stereocenters. The standard InChI is InChI=1S/C7H14I3NO3/c1-7(14-11-4-8)3-9-5-13-6-10-12-2/h4,7H,3,5-6H2,1-2H3/q-2/b11-4+. The molecular weight excluding hydrogens is 527 g/mol. The van der Waals surface area contributed by atoms with Crippen molar-refractivity contribution in [3.63, 3.8) is 0 Å². The second kappa shape index (κ2) is 12.6. The van der Waals surface area contributed by atoms with Gasteiger partial charge in [-0.1, -0.05) is 0 Å². The van der Waals surface area contributed by atoms with Crippen molar-refractivity contribution in [3.05, 3.63) is 0 Å². The van der Waals surface area contributed by atoms with E-state index in [2.05, 4.69) is 5.16 Å². The van der Waals surface area contributed by atoms with E-state index >= 15 is 0 Å². The SMILES string of the molecule is CO[I-]COC[I-]CC(C)O/N=C/I. The number of halogens is 3. The minimum atomic E-state index is -0.176. The van der Waals surface area contributed by atoms with Gasteiger partial charge in [-0.2, -0.15) is 0 Å². The summed E-state index contributed by atoms with van der Waals surface area (Å²) < 4.78 is 14.8. The van der Waals surface area contributed by atoms with Crippen molar-refractivity contribution < 1.29 is 55.5 Å². The quantitative estimate of drug-likeness (QED) is 0.0973. The van der Waals surface area contributed by atoms with Gasteiger partial charge in [0.25, 0.3) is 0 Å². The summed E-state index contributed by atoms with van der Waals surface area (Å²) in [6.45, 7) is 2.03. The van der Waals surface area contributed by atoms with Crippen molar-refractivity contribution in [1.29, 1.82) is 0 Å². The van der Waals surface area contributed by atoms with E-state index in [0.29, 0.717) is 0 Å². The van der Waals surface area contributed by atoms with Crippen molar-refractivity contribution >= 4 is 26.8 Å². The zero-order valence-electron chi connectivity index (χ0n) is 8.08. The molecule has 1 unspecified atom stereocenters. The van der Waals surface area contributed by atoms with Gasteiger partial charge >= 0.3 is 121 Å². The molecule has 0 saturated heterocycles. The van der Waals surface area contributed by atoms with Crippen LogP contribution in [0, 0.1) is 0 Å². The van der Waals surface area contributed by atoms with Crippen LogP contribution in [0.5, 0.6) is 0 Å². The maximum absolute atomic E-state index is 5.41. The molecule has 88 valence electrons. The van der Waals surface area contributed by atoms with Crippen molar-refractivity contribution in [1.82, 2.24) is 0 Å². The average Bonchev–Trinajstić information content (AvgIpc) is 2.20. The molecule has 0 aliphatic carbocycles. The van der Waals surface area contributed by atoms with Gasteiger partial charge in [-0.3, -0.25) is 0 Å². The fourth-order valence-corrected chi connectivity index (χ4v) is 3.97. The predicted octanol–water partition coefficient (Wildman–Crippen LogP) is -4.56. The second-order valence-electron chi connectivity index (χ2n) is 2.15. The van der Waals surface area contributed by atoms with Gasteiger partial charge in [0.15, 0.2) is 0 Å². The Hall–Kier alpha value is 1.58. The van der Waals surface area contributed by atoms with E-state index in [4.69, 9.17) is 12.6 Å². The first-order valence-electron chi connectivity index (χ1n) is 3.82. The van der Waals surface area contributed by atoms with Crippen LogP contribution in [0.4, 0.5) is 0 Å². The molecule has 0 saturated carbocycles. The van der Waals surface area contributed by atoms with Crippen LogP contribution in [0.1, 0.15) is 6.92 Å². The Morgan fingerprint density at radius 3 is 2.93 bits per heavy atom. The van der Waals surface area contributed by atoms with Gasteiger partial charge < -0.3 is 0 Å². The Labute approximate surface area is 120 Å². The molecule has 0 aromatic rings. The summed E-state index contributed by atoms with van der Waals surface area (Å²) in [5.74, 6) is 0. The molecule has 7 heteroatoms. The van der Waals surface area contributed by atoms with Crippen LogP contribution in [0.25, 0.3) is 0 Å². The van der Waals surface area contributed by atoms with Crippen molar-refractivity contribution in [2.24, 2.45) is 5.16 Å². The van der Waals surface area contributed by atoms with Gasteiger partial charge in [-0.05, 0) is 0 Å². The number of hydrogen-bond donors (Lipinski definition) is 0. The Bertz CT molecular complexity index is 148. The first-order valence-corrected chi connectivity index (χ1v) is 10.5. The van der Waals surface area contributed by atoms with E-state index in [1.807, 2.05) is 29.5 Å². The third-order valence-electron chi connectivity index (χ3n) is 0.992. The summed E-state index contributed by atoms with van der Waals surface area (Å²) >= 11 is 1.95. The fraction of sp³-hybridized carbons (Fsp3) is 0.857. The molecule has 0 spiro atoms. The van der Waals surface area contributed by atoms with Crippen LogP contribution in [0.15, 0.2) is 5.16 Å². The van der Waals surface area contributed by atoms with Crippen LogP contribution in [0.2, 0.25) is 0 Å². The van der Waals surface area contributed by atoms with Gasteiger partial charge in [-0.15, -0.1) is 0 Å². The first-order chi connectivity index (χ1) is 6.81. The molecular formula is C7H14I3NO3-2. The molecule has 0 aromatic carbocycles. The van der Waals surface area contributed by atoms with Crippen molar-refractivity contribution in [2.45, 2.75) is 13.0 Å². The summed E-state index contributed by atoms with van der Waals surface area (Å²) in [7, 11) is 1.73. The summed E-state index contributed by atoms with van der Waals surface area (Å²) in [5, 5.41) is 3.72. The van der Waals surface area contributed by atoms with E-state index < -0.39 is 0 Å². The fourth-order valence-electron chi connectivity index (χ4n) is 0.513. The van der Waals surface area contributed by atoms with Gasteiger partial charge in [0.05, 0.1) is 0 Å². The van der Waals surface area contributed by atoms with Gasteiger partial charge in [0.1, 0.15) is 0 Å². The Morgan fingerprint density at radius 1 is 1.50 bits per heavy atom. The molecule has 0 aliphatic heterocycles. The summed E-state index contributed by atoms with van der Waals surface area (Å²) in [4.78, 5) is 5.13. The number of alkyl halides is 3. The van der Waals surface area contributed by atoms with Crippen LogP contribution >= 0.6 is 22.6 Å². The Morgan fingerprint density at radius 2 is 2.29 bits per heavy atom. The van der Waals surface area contributed by atoms with Gasteiger partial charge in [0.2, 0.25) is 0 Å². The first kappa shape index (κ1) is 15.6. The molecule has 0 rings (SSSR count). The molecule has 0 amide bonds. The number of nitrogens with zero attached hydrogens (tertiary/aromatic N) is 1. The van der Waals surface area contributed by atoms with E-state index in [1.165, 1.54) is 0 Å². The van der Waals surface area contributed by atoms with Crippen molar-refractivity contribution in [2.75, 3.05) is 20.8 Å². The zero-order valence-corrected chi connectivity index (χ0v) is 14.6. The predicted molar refractivity (Wildman–Crippen MR) is 55.8 cm³/mol. The summed E-state index contributed by atoms with van der Waals surface area (Å²) in [5.41, 5.74) is 0. The number of oxime groups is 1. The monoisotopic (exact) mass is 541 g/mol. The van der Waals surface area contributed by atoms with Gasteiger partial charge in [-0.25, -0.2) is 0 Å². The summed E-state index contributed by atoms with van der Waals surface area (Å²) in [6.07, 6.45) is 0.217. The van der Waals surface area contributed by atoms with Crippen molar-refractivity contribution in [3.8, 4) is 0 Å². The second-order valence-corrected chi connectivity index (χ2v) is 7.41. The molecule has 0 fully saturated rings. The number of ether oxygens (including phenoxy) is 1. The third-order valence-corrected chi connectivity index (χ3v) is 5.28. The van der Waals surface area contributed by atoms with E-state index in [-0.39, 0.29) is 48.9 Å². The molecule has 4 nitrogen and oxygen atoms in total. The van der Waals surface area contributed by atoms with Gasteiger partial charge in [0, 0.05) is 0 Å². The molecule has 0 aliphatic rings. The zero-order chi connectivity index (χ0) is 10.6. The van der Waals surface area contributed by atoms with Crippen LogP contribution in [-0.2, 0) is 12.6 Å². The maximum atomic E-state index is 5.41. The molecule has 14 heavy (non-hydrogen) atoms. The number of hydrogen-bond acceptors (Lipinski definition) is 4.